The van der Waals surface area contributed by atoms with Crippen LogP contribution in [0.15, 0.2) is 97.2 Å². The molecule has 0 amide bonds. The van der Waals surface area contributed by atoms with Crippen LogP contribution >= 0.6 is 7.82 Å². The predicted octanol–water partition coefficient (Wildman–Crippen LogP) is 18.0. The van der Waals surface area contributed by atoms with Gasteiger partial charge in [0.1, 0.15) is 12.7 Å². The summed E-state index contributed by atoms with van der Waals surface area (Å²) in [6.45, 7) is 4.36. The van der Waals surface area contributed by atoms with E-state index in [9.17, 15) is 28.9 Å². The normalized spacial score (nSPS) is 14.0. The molecule has 76 heavy (non-hydrogen) atoms. The molecule has 2 N–H and O–H groups in total. The summed E-state index contributed by atoms with van der Waals surface area (Å²) in [4.78, 5) is 48.6. The van der Waals surface area contributed by atoms with Crippen LogP contribution in [0.1, 0.15) is 252 Å². The van der Waals surface area contributed by atoms with E-state index in [4.69, 9.17) is 23.3 Å². The average molecular weight is 1090 g/mol. The number of hydrogen-bond donors (Lipinski definition) is 2. The lowest BCUT2D eigenvalue weighted by Gasteiger charge is -2.21. The summed E-state index contributed by atoms with van der Waals surface area (Å²) >= 11 is 0. The molecular weight excluding hydrogens is 976 g/mol. The molecule has 0 aromatic rings. The minimum Gasteiger partial charge on any atom is -0.462 e. The van der Waals surface area contributed by atoms with Crippen molar-refractivity contribution < 1.29 is 52.2 Å². The summed E-state index contributed by atoms with van der Waals surface area (Å²) in [7, 11) is -4.77. The smallest absolute Gasteiger partial charge is 0.462 e. The van der Waals surface area contributed by atoms with Crippen LogP contribution < -0.4 is 0 Å². The third kappa shape index (κ3) is 55.2. The highest BCUT2D eigenvalue weighted by molar-refractivity contribution is 7.47. The highest BCUT2D eigenvalue weighted by Crippen LogP contribution is 2.43. The lowest BCUT2D eigenvalue weighted by Crippen LogP contribution is -2.30. The zero-order valence-corrected chi connectivity index (χ0v) is 49.1. The monoisotopic (exact) mass is 1080 g/mol. The fraction of sp³-hybridized carbons (Fsp3) is 0.703. The van der Waals surface area contributed by atoms with Crippen LogP contribution in [-0.2, 0) is 42.2 Å². The summed E-state index contributed by atoms with van der Waals surface area (Å²) in [5, 5.41) is 9.82. The van der Waals surface area contributed by atoms with E-state index in [2.05, 4.69) is 118 Å². The van der Waals surface area contributed by atoms with E-state index in [0.29, 0.717) is 19.3 Å². The first-order valence-corrected chi connectivity index (χ1v) is 31.6. The zero-order valence-electron chi connectivity index (χ0n) is 48.2. The van der Waals surface area contributed by atoms with E-state index < -0.39 is 57.8 Å². The standard InChI is InChI=1S/C64H109O11P/c1-4-7-10-13-16-19-22-25-28-29-30-31-34-37-40-43-46-49-52-55-64(68)75-61(57-71-62(66)53-50-47-44-41-38-35-32-26-23-20-17-14-11-8-5-2)59-73-76(69,70)72-58-60(56-65)74-63(67)54-51-48-45-42-39-36-33-27-24-21-18-15-12-9-6-3/h8-9,11-12,17-18,20-21,25-28,32-33,39,42,60-61,65H,4-7,10,13-16,19,22-24,29-31,34-38,40-41,43-59H2,1-3H3,(H,69,70)/b11-8-,12-9-,20-17-,21-18-,28-25-,32-26-,33-27-,42-39-. The number of esters is 3. The molecule has 0 radical (unpaired) electrons. The van der Waals surface area contributed by atoms with Crippen molar-refractivity contribution in [3.63, 3.8) is 0 Å². The molecule has 3 atom stereocenters. The summed E-state index contributed by atoms with van der Waals surface area (Å²) in [6, 6.07) is 0. The molecule has 3 unspecified atom stereocenters. The van der Waals surface area contributed by atoms with Gasteiger partial charge in [0.2, 0.25) is 0 Å². The molecule has 0 rings (SSSR count). The molecule has 0 fully saturated rings. The Hall–Kier alpha value is -3.60. The van der Waals surface area contributed by atoms with Gasteiger partial charge in [0.05, 0.1) is 19.8 Å². The highest BCUT2D eigenvalue weighted by Gasteiger charge is 2.28. The van der Waals surface area contributed by atoms with Crippen LogP contribution in [0.2, 0.25) is 0 Å². The molecule has 0 aliphatic heterocycles. The number of ether oxygens (including phenoxy) is 3. The van der Waals surface area contributed by atoms with Gasteiger partial charge in [-0.2, -0.15) is 0 Å². The predicted molar refractivity (Wildman–Crippen MR) is 316 cm³/mol. The summed E-state index contributed by atoms with van der Waals surface area (Å²) in [5.41, 5.74) is 0. The maximum atomic E-state index is 12.9. The number of rotatable bonds is 55. The van der Waals surface area contributed by atoms with Gasteiger partial charge >= 0.3 is 25.7 Å². The van der Waals surface area contributed by atoms with Crippen molar-refractivity contribution >= 4 is 25.7 Å². The van der Waals surface area contributed by atoms with Crippen molar-refractivity contribution in [3.05, 3.63) is 97.2 Å². The first-order valence-electron chi connectivity index (χ1n) is 30.1. The van der Waals surface area contributed by atoms with Crippen LogP contribution in [0.25, 0.3) is 0 Å². The Balaban J connectivity index is 4.77. The SMILES string of the molecule is CC/C=C\C/C=C\C/C=C\C/C=C\CCCCC(=O)OC(CO)COP(=O)(O)OCC(COC(=O)CCCCCCC/C=C\C/C=C\C/C=C\CC)OC(=O)CCCCCCCCCCC/C=C\CCCCCCCC. The van der Waals surface area contributed by atoms with Gasteiger partial charge in [-0.05, 0) is 116 Å². The lowest BCUT2D eigenvalue weighted by atomic mass is 10.1. The number of phosphoric acid groups is 1. The van der Waals surface area contributed by atoms with Crippen molar-refractivity contribution in [3.8, 4) is 0 Å². The van der Waals surface area contributed by atoms with Crippen LogP contribution in [0.3, 0.4) is 0 Å². The summed E-state index contributed by atoms with van der Waals surface area (Å²) in [5.74, 6) is -1.53. The highest BCUT2D eigenvalue weighted by atomic mass is 31.2. The van der Waals surface area contributed by atoms with E-state index in [-0.39, 0.29) is 25.9 Å². The number of allylic oxidation sites excluding steroid dienone is 16. The quantitative estimate of drug-likeness (QED) is 0.0197. The van der Waals surface area contributed by atoms with Crippen molar-refractivity contribution in [1.29, 1.82) is 0 Å². The maximum Gasteiger partial charge on any atom is 0.472 e. The van der Waals surface area contributed by atoms with Gasteiger partial charge in [-0.25, -0.2) is 4.57 Å². The van der Waals surface area contributed by atoms with E-state index in [1.165, 1.54) is 83.5 Å². The number of carbonyl (C=O) groups excluding carboxylic acids is 3. The fourth-order valence-corrected chi connectivity index (χ4v) is 8.73. The van der Waals surface area contributed by atoms with Crippen molar-refractivity contribution in [2.45, 2.75) is 264 Å². The second-order valence-corrected chi connectivity index (χ2v) is 21.2. The number of carbonyl (C=O) groups is 3. The second-order valence-electron chi connectivity index (χ2n) is 19.7. The van der Waals surface area contributed by atoms with Crippen molar-refractivity contribution in [1.82, 2.24) is 0 Å². The number of unbranched alkanes of at least 4 members (excludes halogenated alkanes) is 22. The van der Waals surface area contributed by atoms with Gasteiger partial charge in [-0.1, -0.05) is 214 Å². The average Bonchev–Trinajstić information content (AvgIpc) is 3.41. The van der Waals surface area contributed by atoms with Gasteiger partial charge in [0.15, 0.2) is 6.10 Å². The Morgan fingerprint density at radius 3 is 1.09 bits per heavy atom. The van der Waals surface area contributed by atoms with Gasteiger partial charge in [-0.3, -0.25) is 23.4 Å². The number of aliphatic hydroxyl groups is 1. The third-order valence-corrected chi connectivity index (χ3v) is 13.4. The van der Waals surface area contributed by atoms with E-state index >= 15 is 0 Å². The minimum atomic E-state index is -4.77. The largest absolute Gasteiger partial charge is 0.472 e. The van der Waals surface area contributed by atoms with E-state index in [1.54, 1.807) is 0 Å². The van der Waals surface area contributed by atoms with Gasteiger partial charge in [0, 0.05) is 19.3 Å². The first kappa shape index (κ1) is 72.4. The molecule has 12 heteroatoms. The molecule has 0 aromatic carbocycles. The summed E-state index contributed by atoms with van der Waals surface area (Å²) in [6.07, 6.45) is 68.0. The molecule has 0 saturated heterocycles. The number of hydrogen-bond acceptors (Lipinski definition) is 10. The Bertz CT molecular complexity index is 1640. The molecule has 0 bridgehead atoms. The topological polar surface area (TPSA) is 155 Å². The van der Waals surface area contributed by atoms with Crippen LogP contribution in [0, 0.1) is 0 Å². The Labute approximate surface area is 463 Å². The molecule has 0 saturated carbocycles. The molecule has 11 nitrogen and oxygen atoms in total. The van der Waals surface area contributed by atoms with Gasteiger partial charge in [-0.15, -0.1) is 0 Å². The lowest BCUT2D eigenvalue weighted by molar-refractivity contribution is -0.161. The van der Waals surface area contributed by atoms with Crippen molar-refractivity contribution in [2.24, 2.45) is 0 Å². The number of phosphoric ester groups is 1. The Morgan fingerprint density at radius 2 is 0.684 bits per heavy atom. The van der Waals surface area contributed by atoms with Crippen LogP contribution in [0.5, 0.6) is 0 Å². The van der Waals surface area contributed by atoms with Crippen LogP contribution in [0.4, 0.5) is 0 Å². The second kappa shape index (κ2) is 57.6. The molecule has 0 aliphatic rings. The van der Waals surface area contributed by atoms with E-state index in [0.717, 1.165) is 109 Å². The molecule has 0 heterocycles. The van der Waals surface area contributed by atoms with Crippen molar-refractivity contribution in [2.75, 3.05) is 26.4 Å². The molecular formula is C64H109O11P. The first-order chi connectivity index (χ1) is 37.2. The number of aliphatic hydroxyl groups excluding tert-OH is 1. The molecule has 0 aromatic heterocycles. The van der Waals surface area contributed by atoms with Gasteiger partial charge in [0.25, 0.3) is 0 Å². The summed E-state index contributed by atoms with van der Waals surface area (Å²) < 4.78 is 39.5. The van der Waals surface area contributed by atoms with E-state index in [1.807, 2.05) is 0 Å². The maximum absolute atomic E-state index is 12.9. The molecule has 0 spiro atoms. The minimum absolute atomic E-state index is 0.120. The molecule has 0 aliphatic carbocycles. The third-order valence-electron chi connectivity index (χ3n) is 12.5. The zero-order chi connectivity index (χ0) is 55.5. The Kier molecular flexibility index (Phi) is 54.8. The van der Waals surface area contributed by atoms with Crippen LogP contribution in [-0.4, -0.2) is 66.5 Å². The fourth-order valence-electron chi connectivity index (χ4n) is 7.94. The molecule has 436 valence electrons. The van der Waals surface area contributed by atoms with Gasteiger partial charge < -0.3 is 24.2 Å². The Morgan fingerprint density at radius 1 is 0.382 bits per heavy atom.